The van der Waals surface area contributed by atoms with E-state index in [1.807, 2.05) is 60.7 Å². The van der Waals surface area contributed by atoms with E-state index in [4.69, 9.17) is 4.74 Å². The van der Waals surface area contributed by atoms with Gasteiger partial charge in [0.2, 0.25) is 5.91 Å². The quantitative estimate of drug-likeness (QED) is 0.365. The van der Waals surface area contributed by atoms with Crippen LogP contribution in [0.2, 0.25) is 0 Å². The third kappa shape index (κ3) is 7.40. The minimum absolute atomic E-state index is 0.0742. The zero-order valence-corrected chi connectivity index (χ0v) is 18.1. The fraction of sp³-hybridized carbons (Fsp3) is 0.261. The summed E-state index contributed by atoms with van der Waals surface area (Å²) >= 11 is 1.28. The standard InChI is InChI=1S/C23H26N2O4S/c1-16(2)20(23(28)29-3)25-21(27)22(30-15-18-12-8-5-9-13-18)24-19(26)14-17-10-6-4-7-11-17/h4-13,22H,14-15H2,1-3H3,(H,24,26)(H,25,27). The molecule has 0 fully saturated rings. The fourth-order valence-electron chi connectivity index (χ4n) is 2.59. The molecule has 2 aromatic carbocycles. The van der Waals surface area contributed by atoms with Crippen molar-refractivity contribution in [1.29, 1.82) is 0 Å². The SMILES string of the molecule is COC(=O)C(NC(=O)C(NC(=O)Cc1ccccc1)SCc1ccccc1)=C(C)C. The Morgan fingerprint density at radius 1 is 0.933 bits per heavy atom. The Kier molecular flexibility index (Phi) is 9.15. The monoisotopic (exact) mass is 426 g/mol. The number of hydrogen-bond donors (Lipinski definition) is 2. The van der Waals surface area contributed by atoms with Crippen molar-refractivity contribution in [3.8, 4) is 0 Å². The fourth-order valence-corrected chi connectivity index (χ4v) is 3.56. The van der Waals surface area contributed by atoms with Gasteiger partial charge in [-0.3, -0.25) is 9.59 Å². The van der Waals surface area contributed by atoms with Crippen LogP contribution in [0.4, 0.5) is 0 Å². The van der Waals surface area contributed by atoms with Gasteiger partial charge in [-0.05, 0) is 30.5 Å². The molecule has 0 aliphatic rings. The molecular formula is C23H26N2O4S. The molecule has 0 aliphatic heterocycles. The smallest absolute Gasteiger partial charge is 0.354 e. The number of carbonyl (C=O) groups is 3. The minimum Gasteiger partial charge on any atom is -0.464 e. The summed E-state index contributed by atoms with van der Waals surface area (Å²) in [6, 6.07) is 18.9. The molecule has 2 amide bonds. The second kappa shape index (κ2) is 11.8. The van der Waals surface area contributed by atoms with E-state index in [0.717, 1.165) is 11.1 Å². The Morgan fingerprint density at radius 2 is 1.50 bits per heavy atom. The number of nitrogens with one attached hydrogen (secondary N) is 2. The molecule has 2 N–H and O–H groups in total. The van der Waals surface area contributed by atoms with Gasteiger partial charge in [-0.2, -0.15) is 0 Å². The highest BCUT2D eigenvalue weighted by Crippen LogP contribution is 2.17. The van der Waals surface area contributed by atoms with Crippen molar-refractivity contribution >= 4 is 29.5 Å². The van der Waals surface area contributed by atoms with Crippen LogP contribution in [0.25, 0.3) is 0 Å². The minimum atomic E-state index is -0.875. The van der Waals surface area contributed by atoms with E-state index in [-0.39, 0.29) is 18.0 Å². The number of esters is 1. The van der Waals surface area contributed by atoms with Gasteiger partial charge in [0.1, 0.15) is 5.70 Å². The van der Waals surface area contributed by atoms with Gasteiger partial charge in [-0.25, -0.2) is 4.79 Å². The highest BCUT2D eigenvalue weighted by molar-refractivity contribution is 7.99. The van der Waals surface area contributed by atoms with E-state index in [0.29, 0.717) is 11.3 Å². The first-order valence-corrected chi connectivity index (χ1v) is 10.5. The molecule has 6 nitrogen and oxygen atoms in total. The second-order valence-corrected chi connectivity index (χ2v) is 7.86. The summed E-state index contributed by atoms with van der Waals surface area (Å²) in [5.74, 6) is -0.879. The second-order valence-electron chi connectivity index (χ2n) is 6.76. The van der Waals surface area contributed by atoms with E-state index in [9.17, 15) is 14.4 Å². The van der Waals surface area contributed by atoms with Crippen molar-refractivity contribution in [2.75, 3.05) is 7.11 Å². The van der Waals surface area contributed by atoms with Crippen molar-refractivity contribution < 1.29 is 19.1 Å². The largest absolute Gasteiger partial charge is 0.464 e. The van der Waals surface area contributed by atoms with Gasteiger partial charge in [0.25, 0.3) is 5.91 Å². The molecule has 30 heavy (non-hydrogen) atoms. The first-order chi connectivity index (χ1) is 14.4. The third-order valence-corrected chi connectivity index (χ3v) is 5.30. The van der Waals surface area contributed by atoms with Gasteiger partial charge in [-0.1, -0.05) is 60.7 Å². The van der Waals surface area contributed by atoms with Crippen LogP contribution >= 0.6 is 11.8 Å². The lowest BCUT2D eigenvalue weighted by molar-refractivity contribution is -0.138. The normalized spacial score (nSPS) is 11.2. The maximum absolute atomic E-state index is 12.9. The van der Waals surface area contributed by atoms with E-state index in [2.05, 4.69) is 10.6 Å². The van der Waals surface area contributed by atoms with Crippen LogP contribution < -0.4 is 10.6 Å². The van der Waals surface area contributed by atoms with E-state index in [1.54, 1.807) is 13.8 Å². The van der Waals surface area contributed by atoms with Crippen LogP contribution in [-0.4, -0.2) is 30.3 Å². The Labute approximate surface area is 181 Å². The Morgan fingerprint density at radius 3 is 2.03 bits per heavy atom. The lowest BCUT2D eigenvalue weighted by Gasteiger charge is -2.19. The molecule has 0 aromatic heterocycles. The summed E-state index contributed by atoms with van der Waals surface area (Å²) in [4.78, 5) is 37.4. The first kappa shape index (κ1) is 23.2. The van der Waals surface area contributed by atoms with Crippen LogP contribution in [0.3, 0.4) is 0 Å². The lowest BCUT2D eigenvalue weighted by Crippen LogP contribution is -2.46. The summed E-state index contributed by atoms with van der Waals surface area (Å²) in [5, 5.41) is 4.50. The average molecular weight is 427 g/mol. The van der Waals surface area contributed by atoms with Gasteiger partial charge in [0.05, 0.1) is 13.5 Å². The van der Waals surface area contributed by atoms with E-state index >= 15 is 0 Å². The Balaban J connectivity index is 2.12. The van der Waals surface area contributed by atoms with Gasteiger partial charge in [0, 0.05) is 5.75 Å². The number of hydrogen-bond acceptors (Lipinski definition) is 5. The maximum atomic E-state index is 12.9. The van der Waals surface area contributed by atoms with Gasteiger partial charge >= 0.3 is 5.97 Å². The third-order valence-electron chi connectivity index (χ3n) is 4.13. The van der Waals surface area contributed by atoms with Crippen molar-refractivity contribution in [2.45, 2.75) is 31.4 Å². The summed E-state index contributed by atoms with van der Waals surface area (Å²) < 4.78 is 4.74. The predicted molar refractivity (Wildman–Crippen MR) is 118 cm³/mol. The molecule has 0 heterocycles. The lowest BCUT2D eigenvalue weighted by atomic mass is 10.1. The number of carbonyl (C=O) groups excluding carboxylic acids is 3. The predicted octanol–water partition coefficient (Wildman–Crippen LogP) is 3.19. The number of rotatable bonds is 9. The van der Waals surface area contributed by atoms with Gasteiger partial charge in [-0.15, -0.1) is 11.8 Å². The molecule has 0 saturated heterocycles. The number of thioether (sulfide) groups is 1. The molecule has 2 aromatic rings. The molecule has 7 heteroatoms. The molecule has 0 aliphatic carbocycles. The molecule has 158 valence electrons. The van der Waals surface area contributed by atoms with E-state index in [1.165, 1.54) is 18.9 Å². The molecular weight excluding hydrogens is 400 g/mol. The molecule has 0 bridgehead atoms. The van der Waals surface area contributed by atoms with Crippen molar-refractivity contribution in [3.05, 3.63) is 83.1 Å². The van der Waals surface area contributed by atoms with Crippen molar-refractivity contribution in [2.24, 2.45) is 0 Å². The van der Waals surface area contributed by atoms with Crippen molar-refractivity contribution in [1.82, 2.24) is 10.6 Å². The van der Waals surface area contributed by atoms with Crippen LogP contribution in [0.1, 0.15) is 25.0 Å². The zero-order valence-electron chi connectivity index (χ0n) is 17.3. The van der Waals surface area contributed by atoms with E-state index < -0.39 is 17.3 Å². The average Bonchev–Trinajstić information content (AvgIpc) is 2.75. The van der Waals surface area contributed by atoms with Crippen LogP contribution in [-0.2, 0) is 31.3 Å². The van der Waals surface area contributed by atoms with Crippen LogP contribution in [0.15, 0.2) is 71.9 Å². The summed E-state index contributed by atoms with van der Waals surface area (Å²) in [6.45, 7) is 3.40. The highest BCUT2D eigenvalue weighted by atomic mass is 32.2. The number of allylic oxidation sites excluding steroid dienone is 1. The Hall–Kier alpha value is -3.06. The number of methoxy groups -OCH3 is 1. The molecule has 0 spiro atoms. The van der Waals surface area contributed by atoms with Crippen molar-refractivity contribution in [3.63, 3.8) is 0 Å². The molecule has 1 atom stereocenters. The number of benzene rings is 2. The Bertz CT molecular complexity index is 894. The maximum Gasteiger partial charge on any atom is 0.354 e. The first-order valence-electron chi connectivity index (χ1n) is 9.46. The molecule has 1 unspecified atom stereocenters. The summed E-state index contributed by atoms with van der Waals surface area (Å²) in [7, 11) is 1.25. The van der Waals surface area contributed by atoms with Gasteiger partial charge in [0.15, 0.2) is 5.37 Å². The highest BCUT2D eigenvalue weighted by Gasteiger charge is 2.25. The molecule has 0 saturated carbocycles. The molecule has 0 radical (unpaired) electrons. The van der Waals surface area contributed by atoms with Crippen LogP contribution in [0.5, 0.6) is 0 Å². The number of amides is 2. The topological polar surface area (TPSA) is 84.5 Å². The number of ether oxygens (including phenoxy) is 1. The summed E-state index contributed by atoms with van der Waals surface area (Å²) in [6.07, 6.45) is 0.156. The van der Waals surface area contributed by atoms with Crippen LogP contribution in [0, 0.1) is 0 Å². The molecule has 2 rings (SSSR count). The van der Waals surface area contributed by atoms with Gasteiger partial charge < -0.3 is 15.4 Å². The zero-order chi connectivity index (χ0) is 21.9. The summed E-state index contributed by atoms with van der Waals surface area (Å²) in [5.41, 5.74) is 2.55.